The number of esters is 3. The number of carbonyl (C=O) groups is 3. The molecule has 0 aromatic heterocycles. The molecular weight excluding hydrogens is 805 g/mol. The molecule has 0 saturated heterocycles. The molecule has 1 atom stereocenters. The van der Waals surface area contributed by atoms with Crippen LogP contribution in [0.5, 0.6) is 0 Å². The van der Waals surface area contributed by atoms with E-state index in [9.17, 15) is 14.4 Å². The van der Waals surface area contributed by atoms with E-state index in [2.05, 4.69) is 32.9 Å². The highest BCUT2D eigenvalue weighted by molar-refractivity contribution is 5.71. The van der Waals surface area contributed by atoms with Crippen LogP contribution in [-0.4, -0.2) is 37.2 Å². The fraction of sp³-hybridized carbons (Fsp3) is 0.915. The predicted molar refractivity (Wildman–Crippen MR) is 280 cm³/mol. The van der Waals surface area contributed by atoms with Crippen molar-refractivity contribution in [3.63, 3.8) is 0 Å². The van der Waals surface area contributed by atoms with Gasteiger partial charge in [0, 0.05) is 19.3 Å². The van der Waals surface area contributed by atoms with Gasteiger partial charge in [-0.05, 0) is 44.9 Å². The topological polar surface area (TPSA) is 78.9 Å². The zero-order valence-corrected chi connectivity index (χ0v) is 44.0. The molecule has 6 heteroatoms. The quantitative estimate of drug-likeness (QED) is 0.0262. The first kappa shape index (κ1) is 63.1. The molecule has 384 valence electrons. The van der Waals surface area contributed by atoms with Crippen LogP contribution in [0.15, 0.2) is 12.2 Å². The van der Waals surface area contributed by atoms with Gasteiger partial charge in [0.25, 0.3) is 0 Å². The van der Waals surface area contributed by atoms with E-state index in [0.717, 1.165) is 64.2 Å². The Balaban J connectivity index is 4.29. The van der Waals surface area contributed by atoms with E-state index >= 15 is 0 Å². The lowest BCUT2D eigenvalue weighted by Crippen LogP contribution is -2.30. The average Bonchev–Trinajstić information content (AvgIpc) is 3.30. The van der Waals surface area contributed by atoms with Crippen LogP contribution in [0.4, 0.5) is 0 Å². The van der Waals surface area contributed by atoms with Crippen molar-refractivity contribution < 1.29 is 28.6 Å². The van der Waals surface area contributed by atoms with E-state index in [1.807, 2.05) is 0 Å². The van der Waals surface area contributed by atoms with E-state index < -0.39 is 6.10 Å². The third kappa shape index (κ3) is 53.0. The lowest BCUT2D eigenvalue weighted by Gasteiger charge is -2.18. The zero-order valence-electron chi connectivity index (χ0n) is 44.0. The summed E-state index contributed by atoms with van der Waals surface area (Å²) in [7, 11) is 0. The number of hydrogen-bond acceptors (Lipinski definition) is 6. The summed E-state index contributed by atoms with van der Waals surface area (Å²) >= 11 is 0. The second-order valence-electron chi connectivity index (χ2n) is 19.9. The molecule has 0 N–H and O–H groups in total. The molecule has 0 aliphatic carbocycles. The highest BCUT2D eigenvalue weighted by Gasteiger charge is 2.19. The normalized spacial score (nSPS) is 12.0. The molecule has 0 aromatic rings. The van der Waals surface area contributed by atoms with Crippen LogP contribution in [0, 0.1) is 0 Å². The summed E-state index contributed by atoms with van der Waals surface area (Å²) in [5, 5.41) is 0. The first-order chi connectivity index (χ1) is 32.0. The number of ether oxygens (including phenoxy) is 3. The largest absolute Gasteiger partial charge is 0.462 e. The molecule has 6 nitrogen and oxygen atoms in total. The molecule has 0 unspecified atom stereocenters. The zero-order chi connectivity index (χ0) is 47.2. The van der Waals surface area contributed by atoms with Crippen LogP contribution >= 0.6 is 0 Å². The van der Waals surface area contributed by atoms with E-state index in [4.69, 9.17) is 14.2 Å². The highest BCUT2D eigenvalue weighted by atomic mass is 16.6. The standard InChI is InChI=1S/C59H112O6/c1-4-7-10-13-16-19-22-25-28-29-30-31-32-35-37-40-43-46-49-52-58(61)64-55-56(65-59(62)53-50-47-44-41-38-34-27-24-21-18-15-12-9-6-3)54-63-57(60)51-48-45-42-39-36-33-26-23-20-17-14-11-8-5-2/h24,27,56H,4-23,25-26,28-55H2,1-3H3/b27-24-/t56-/m1/s1. The molecule has 0 aromatic carbocycles. The lowest BCUT2D eigenvalue weighted by molar-refractivity contribution is -0.167. The van der Waals surface area contributed by atoms with Gasteiger partial charge in [-0.3, -0.25) is 14.4 Å². The number of rotatable bonds is 54. The van der Waals surface area contributed by atoms with Gasteiger partial charge in [-0.2, -0.15) is 0 Å². The maximum Gasteiger partial charge on any atom is 0.306 e. The van der Waals surface area contributed by atoms with Gasteiger partial charge in [-0.25, -0.2) is 0 Å². The van der Waals surface area contributed by atoms with E-state index in [0.29, 0.717) is 19.3 Å². The van der Waals surface area contributed by atoms with Crippen molar-refractivity contribution in [2.24, 2.45) is 0 Å². The smallest absolute Gasteiger partial charge is 0.306 e. The molecule has 0 spiro atoms. The summed E-state index contributed by atoms with van der Waals surface area (Å²) in [6, 6.07) is 0. The number of unbranched alkanes of at least 4 members (excludes halogenated alkanes) is 41. The van der Waals surface area contributed by atoms with Crippen molar-refractivity contribution in [2.45, 2.75) is 335 Å². The van der Waals surface area contributed by atoms with Crippen molar-refractivity contribution in [2.75, 3.05) is 13.2 Å². The first-order valence-electron chi connectivity index (χ1n) is 29.2. The summed E-state index contributed by atoms with van der Waals surface area (Å²) < 4.78 is 16.9. The van der Waals surface area contributed by atoms with Gasteiger partial charge in [0.05, 0.1) is 0 Å². The minimum atomic E-state index is -0.768. The van der Waals surface area contributed by atoms with Crippen LogP contribution in [0.25, 0.3) is 0 Å². The summed E-state index contributed by atoms with van der Waals surface area (Å²) in [5.74, 6) is -0.851. The summed E-state index contributed by atoms with van der Waals surface area (Å²) in [4.78, 5) is 38.1. The third-order valence-electron chi connectivity index (χ3n) is 13.3. The van der Waals surface area contributed by atoms with E-state index in [1.54, 1.807) is 0 Å². The second-order valence-corrected chi connectivity index (χ2v) is 19.9. The summed E-state index contributed by atoms with van der Waals surface area (Å²) in [6.07, 6.45) is 62.0. The summed E-state index contributed by atoms with van der Waals surface area (Å²) in [5.41, 5.74) is 0. The number of hydrogen-bond donors (Lipinski definition) is 0. The van der Waals surface area contributed by atoms with E-state index in [-0.39, 0.29) is 31.1 Å². The Labute approximate surface area is 405 Å². The minimum absolute atomic E-state index is 0.0674. The van der Waals surface area contributed by atoms with Crippen molar-refractivity contribution in [1.82, 2.24) is 0 Å². The highest BCUT2D eigenvalue weighted by Crippen LogP contribution is 2.17. The first-order valence-corrected chi connectivity index (χ1v) is 29.2. The molecule has 0 aliphatic heterocycles. The van der Waals surface area contributed by atoms with Gasteiger partial charge in [0.1, 0.15) is 13.2 Å². The van der Waals surface area contributed by atoms with Gasteiger partial charge in [-0.1, -0.05) is 277 Å². The van der Waals surface area contributed by atoms with Crippen LogP contribution in [0.2, 0.25) is 0 Å². The third-order valence-corrected chi connectivity index (χ3v) is 13.3. The van der Waals surface area contributed by atoms with Crippen LogP contribution in [0.3, 0.4) is 0 Å². The van der Waals surface area contributed by atoms with Crippen molar-refractivity contribution in [3.8, 4) is 0 Å². The van der Waals surface area contributed by atoms with Crippen LogP contribution in [0.1, 0.15) is 329 Å². The Bertz CT molecular complexity index is 1010. The van der Waals surface area contributed by atoms with Crippen molar-refractivity contribution in [3.05, 3.63) is 12.2 Å². The molecule has 0 bridgehead atoms. The van der Waals surface area contributed by atoms with Crippen LogP contribution in [-0.2, 0) is 28.6 Å². The molecule has 0 saturated carbocycles. The molecular formula is C59H112O6. The fourth-order valence-electron chi connectivity index (χ4n) is 8.85. The Morgan fingerprint density at radius 3 is 0.769 bits per heavy atom. The molecule has 65 heavy (non-hydrogen) atoms. The Morgan fingerprint density at radius 2 is 0.508 bits per heavy atom. The Hall–Kier alpha value is -1.85. The van der Waals surface area contributed by atoms with Gasteiger partial charge in [0.15, 0.2) is 6.10 Å². The molecule has 0 fully saturated rings. The Kier molecular flexibility index (Phi) is 53.2. The number of carbonyl (C=O) groups excluding carboxylic acids is 3. The maximum absolute atomic E-state index is 12.8. The SMILES string of the molecule is CCCCCCC/C=C\CCCCCCCC(=O)O[C@H](COC(=O)CCCCCCCCCCCCCCCC)COC(=O)CCCCCCCCCCCCCCCCCCCCC. The molecule has 0 heterocycles. The Morgan fingerprint density at radius 1 is 0.292 bits per heavy atom. The second kappa shape index (κ2) is 54.8. The number of allylic oxidation sites excluding steroid dienone is 2. The monoisotopic (exact) mass is 917 g/mol. The van der Waals surface area contributed by atoms with Crippen molar-refractivity contribution >= 4 is 17.9 Å². The minimum Gasteiger partial charge on any atom is -0.462 e. The summed E-state index contributed by atoms with van der Waals surface area (Å²) in [6.45, 7) is 6.68. The fourth-order valence-corrected chi connectivity index (χ4v) is 8.85. The molecule has 0 rings (SSSR count). The lowest BCUT2D eigenvalue weighted by atomic mass is 10.0. The van der Waals surface area contributed by atoms with Gasteiger partial charge in [-0.15, -0.1) is 0 Å². The van der Waals surface area contributed by atoms with Gasteiger partial charge in [0.2, 0.25) is 0 Å². The predicted octanol–water partition coefficient (Wildman–Crippen LogP) is 19.3. The molecule has 0 radical (unpaired) electrons. The van der Waals surface area contributed by atoms with E-state index in [1.165, 1.54) is 225 Å². The average molecular weight is 918 g/mol. The molecule has 0 aliphatic rings. The van der Waals surface area contributed by atoms with Gasteiger partial charge < -0.3 is 14.2 Å². The van der Waals surface area contributed by atoms with Crippen LogP contribution < -0.4 is 0 Å². The van der Waals surface area contributed by atoms with Crippen molar-refractivity contribution in [1.29, 1.82) is 0 Å². The maximum atomic E-state index is 12.8. The van der Waals surface area contributed by atoms with Gasteiger partial charge >= 0.3 is 17.9 Å². The molecule has 0 amide bonds.